The second-order valence-corrected chi connectivity index (χ2v) is 15.7. The lowest BCUT2D eigenvalue weighted by Gasteiger charge is -2.18. The maximum atomic E-state index is 12.8. The third-order valence-electron chi connectivity index (χ3n) is 9.90. The largest absolute Gasteiger partial charge is 0.462 e. The van der Waals surface area contributed by atoms with Gasteiger partial charge in [-0.1, -0.05) is 189 Å². The van der Waals surface area contributed by atoms with E-state index < -0.39 is 6.10 Å². The van der Waals surface area contributed by atoms with E-state index in [2.05, 4.69) is 81.5 Å². The fourth-order valence-corrected chi connectivity index (χ4v) is 6.28. The monoisotopic (exact) mass is 833 g/mol. The minimum atomic E-state index is -0.807. The Labute approximate surface area is 368 Å². The van der Waals surface area contributed by atoms with Crippen molar-refractivity contribution < 1.29 is 28.6 Å². The maximum absolute atomic E-state index is 12.8. The first-order valence-corrected chi connectivity index (χ1v) is 24.3. The molecule has 0 aromatic heterocycles. The maximum Gasteiger partial charge on any atom is 0.306 e. The van der Waals surface area contributed by atoms with Gasteiger partial charge in [-0.05, 0) is 96.3 Å². The van der Waals surface area contributed by atoms with E-state index in [9.17, 15) is 14.4 Å². The summed E-state index contributed by atoms with van der Waals surface area (Å²) in [5.41, 5.74) is 0. The molecule has 6 heteroatoms. The van der Waals surface area contributed by atoms with E-state index in [1.807, 2.05) is 36.5 Å². The lowest BCUT2D eigenvalue weighted by Crippen LogP contribution is -2.30. The second kappa shape index (κ2) is 48.0. The van der Waals surface area contributed by atoms with Crippen LogP contribution in [0.2, 0.25) is 0 Å². The summed E-state index contributed by atoms with van der Waals surface area (Å²) >= 11 is 0. The summed E-state index contributed by atoms with van der Waals surface area (Å²) in [6.45, 7) is 6.29. The molecule has 0 heterocycles. The van der Waals surface area contributed by atoms with E-state index in [4.69, 9.17) is 14.2 Å². The number of allylic oxidation sites excluding steroid dienone is 16. The van der Waals surface area contributed by atoms with Crippen LogP contribution in [0.1, 0.15) is 207 Å². The average molecular weight is 833 g/mol. The minimum Gasteiger partial charge on any atom is -0.462 e. The molecule has 60 heavy (non-hydrogen) atoms. The zero-order valence-corrected chi connectivity index (χ0v) is 38.7. The standard InChI is InChI=1S/C54H88O6/c1-4-7-10-13-16-19-22-25-27-30-32-35-38-41-44-47-53(56)59-50-51(49-58-52(55)46-43-40-37-34-31-28-24-21-18-15-12-9-6-3)60-54(57)48-45-42-39-36-33-29-26-23-20-17-14-11-8-5-2/h8-9,11-12,15,17-22,24,26,28-29,31,51H,4-7,10,13-14,16,23,25,27,30,32-50H2,1-3H3/b11-8+,12-9+,18-15+,20-17+,22-19+,24-21+,29-26+,31-28+. The molecule has 0 amide bonds. The SMILES string of the molecule is CC/C=C/C=C/C=C/C=C/CCCCCC(=O)OCC(COC(=O)CCCCCCCCC/C=C/CCCCCC)OC(=O)CCCCCC/C=C/C/C=C/C/C=C/CC. The van der Waals surface area contributed by atoms with Crippen molar-refractivity contribution in [3.05, 3.63) is 97.2 Å². The Morgan fingerprint density at radius 3 is 1.25 bits per heavy atom. The molecule has 0 aliphatic heterocycles. The molecular weight excluding hydrogens is 745 g/mol. The highest BCUT2D eigenvalue weighted by Gasteiger charge is 2.19. The van der Waals surface area contributed by atoms with Gasteiger partial charge in [0.05, 0.1) is 0 Å². The van der Waals surface area contributed by atoms with Gasteiger partial charge in [0, 0.05) is 19.3 Å². The van der Waals surface area contributed by atoms with Crippen molar-refractivity contribution in [1.82, 2.24) is 0 Å². The summed E-state index contributed by atoms with van der Waals surface area (Å²) < 4.78 is 16.7. The third kappa shape index (κ3) is 45.4. The van der Waals surface area contributed by atoms with Crippen molar-refractivity contribution in [3.63, 3.8) is 0 Å². The van der Waals surface area contributed by atoms with Crippen molar-refractivity contribution in [2.24, 2.45) is 0 Å². The van der Waals surface area contributed by atoms with Gasteiger partial charge in [0.15, 0.2) is 6.10 Å². The topological polar surface area (TPSA) is 78.9 Å². The summed E-state index contributed by atoms with van der Waals surface area (Å²) in [6.07, 6.45) is 62.4. The minimum absolute atomic E-state index is 0.103. The molecule has 0 bridgehead atoms. The molecule has 0 spiro atoms. The van der Waals surface area contributed by atoms with Crippen molar-refractivity contribution in [2.75, 3.05) is 13.2 Å². The zero-order chi connectivity index (χ0) is 43.7. The first-order chi connectivity index (χ1) is 29.5. The lowest BCUT2D eigenvalue weighted by atomic mass is 10.1. The Kier molecular flexibility index (Phi) is 45.1. The van der Waals surface area contributed by atoms with E-state index in [1.165, 1.54) is 64.2 Å². The molecule has 6 nitrogen and oxygen atoms in total. The molecule has 0 saturated carbocycles. The van der Waals surface area contributed by atoms with Crippen molar-refractivity contribution in [3.8, 4) is 0 Å². The van der Waals surface area contributed by atoms with E-state index >= 15 is 0 Å². The fourth-order valence-electron chi connectivity index (χ4n) is 6.28. The number of rotatable bonds is 42. The van der Waals surface area contributed by atoms with Gasteiger partial charge >= 0.3 is 17.9 Å². The highest BCUT2D eigenvalue weighted by molar-refractivity contribution is 5.71. The second-order valence-electron chi connectivity index (χ2n) is 15.7. The normalized spacial score (nSPS) is 12.9. The van der Waals surface area contributed by atoms with Crippen molar-refractivity contribution in [1.29, 1.82) is 0 Å². The number of unbranched alkanes of at least 4 members (excludes halogenated alkanes) is 18. The molecule has 1 unspecified atom stereocenters. The van der Waals surface area contributed by atoms with E-state index in [-0.39, 0.29) is 31.1 Å². The Hall–Kier alpha value is -3.67. The smallest absolute Gasteiger partial charge is 0.306 e. The Balaban J connectivity index is 4.50. The molecule has 0 aliphatic rings. The van der Waals surface area contributed by atoms with Gasteiger partial charge in [-0.2, -0.15) is 0 Å². The van der Waals surface area contributed by atoms with Gasteiger partial charge in [-0.3, -0.25) is 14.4 Å². The molecule has 1 atom stereocenters. The summed E-state index contributed by atoms with van der Waals surface area (Å²) in [5.74, 6) is -0.977. The fraction of sp³-hybridized carbons (Fsp3) is 0.648. The number of hydrogen-bond donors (Lipinski definition) is 0. The Morgan fingerprint density at radius 1 is 0.367 bits per heavy atom. The van der Waals surface area contributed by atoms with Crippen LogP contribution in [-0.4, -0.2) is 37.2 Å². The molecule has 0 aromatic rings. The van der Waals surface area contributed by atoms with E-state index in [0.29, 0.717) is 19.3 Å². The number of ether oxygens (including phenoxy) is 3. The molecular formula is C54H88O6. The van der Waals surface area contributed by atoms with Crippen LogP contribution in [-0.2, 0) is 28.6 Å². The molecule has 0 saturated heterocycles. The molecule has 0 N–H and O–H groups in total. The molecule has 0 rings (SSSR count). The molecule has 0 aliphatic carbocycles. The molecule has 0 radical (unpaired) electrons. The summed E-state index contributed by atoms with van der Waals surface area (Å²) in [4.78, 5) is 37.9. The van der Waals surface area contributed by atoms with Crippen LogP contribution in [0.3, 0.4) is 0 Å². The zero-order valence-electron chi connectivity index (χ0n) is 38.7. The van der Waals surface area contributed by atoms with Gasteiger partial charge in [0.1, 0.15) is 13.2 Å². The van der Waals surface area contributed by atoms with Crippen LogP contribution < -0.4 is 0 Å². The quantitative estimate of drug-likeness (QED) is 0.0200. The van der Waals surface area contributed by atoms with Crippen molar-refractivity contribution in [2.45, 2.75) is 213 Å². The predicted molar refractivity (Wildman–Crippen MR) is 256 cm³/mol. The van der Waals surface area contributed by atoms with Crippen LogP contribution in [0.4, 0.5) is 0 Å². The van der Waals surface area contributed by atoms with Gasteiger partial charge < -0.3 is 14.2 Å². The first kappa shape index (κ1) is 56.3. The first-order valence-electron chi connectivity index (χ1n) is 24.3. The molecule has 0 fully saturated rings. The van der Waals surface area contributed by atoms with Gasteiger partial charge in [0.2, 0.25) is 0 Å². The highest BCUT2D eigenvalue weighted by Crippen LogP contribution is 2.13. The molecule has 340 valence electrons. The van der Waals surface area contributed by atoms with Gasteiger partial charge in [-0.15, -0.1) is 0 Å². The summed E-state index contributed by atoms with van der Waals surface area (Å²) in [6, 6.07) is 0. The average Bonchev–Trinajstić information content (AvgIpc) is 3.24. The predicted octanol–water partition coefficient (Wildman–Crippen LogP) is 15.8. The van der Waals surface area contributed by atoms with Crippen LogP contribution in [0, 0.1) is 0 Å². The third-order valence-corrected chi connectivity index (χ3v) is 9.90. The van der Waals surface area contributed by atoms with Crippen LogP contribution >= 0.6 is 0 Å². The Bertz CT molecular complexity index is 1230. The number of hydrogen-bond acceptors (Lipinski definition) is 6. The van der Waals surface area contributed by atoms with Gasteiger partial charge in [-0.25, -0.2) is 0 Å². The van der Waals surface area contributed by atoms with Crippen LogP contribution in [0.5, 0.6) is 0 Å². The van der Waals surface area contributed by atoms with E-state index in [1.54, 1.807) is 0 Å². The summed E-state index contributed by atoms with van der Waals surface area (Å²) in [7, 11) is 0. The Morgan fingerprint density at radius 2 is 0.733 bits per heavy atom. The molecule has 0 aromatic carbocycles. The van der Waals surface area contributed by atoms with Crippen LogP contribution in [0.15, 0.2) is 97.2 Å². The summed E-state index contributed by atoms with van der Waals surface area (Å²) in [5, 5.41) is 0. The van der Waals surface area contributed by atoms with Crippen molar-refractivity contribution >= 4 is 17.9 Å². The van der Waals surface area contributed by atoms with Crippen LogP contribution in [0.25, 0.3) is 0 Å². The number of carbonyl (C=O) groups excluding carboxylic acids is 3. The number of esters is 3. The van der Waals surface area contributed by atoms with E-state index in [0.717, 1.165) is 103 Å². The van der Waals surface area contributed by atoms with Gasteiger partial charge in [0.25, 0.3) is 0 Å². The number of carbonyl (C=O) groups is 3. The lowest BCUT2D eigenvalue weighted by molar-refractivity contribution is -0.167. The highest BCUT2D eigenvalue weighted by atomic mass is 16.6.